The predicted molar refractivity (Wildman–Crippen MR) is 109 cm³/mol. The van der Waals surface area contributed by atoms with Crippen LogP contribution in [0.2, 0.25) is 0 Å². The quantitative estimate of drug-likeness (QED) is 0.891. The van der Waals surface area contributed by atoms with E-state index in [1.807, 2.05) is 17.0 Å². The van der Waals surface area contributed by atoms with Gasteiger partial charge in [-0.15, -0.1) is 0 Å². The van der Waals surface area contributed by atoms with Crippen molar-refractivity contribution in [2.24, 2.45) is 0 Å². The fourth-order valence-corrected chi connectivity index (χ4v) is 4.46. The van der Waals surface area contributed by atoms with E-state index in [2.05, 4.69) is 41.4 Å². The summed E-state index contributed by atoms with van der Waals surface area (Å²) in [7, 11) is 1.60. The molecule has 2 amide bonds. The SMILES string of the molecule is CNC(=O)c1cccc2c1C(=O)N(C1CCN(Cc3cccc(C)c3)CC1)C2. The maximum atomic E-state index is 13.1. The van der Waals surface area contributed by atoms with Crippen LogP contribution in [-0.2, 0) is 13.1 Å². The number of carbonyl (C=O) groups is 2. The molecule has 0 radical (unpaired) electrons. The second-order valence-electron chi connectivity index (χ2n) is 7.85. The molecule has 1 N–H and O–H groups in total. The van der Waals surface area contributed by atoms with E-state index in [9.17, 15) is 9.59 Å². The number of hydrogen-bond donors (Lipinski definition) is 1. The molecule has 146 valence electrons. The monoisotopic (exact) mass is 377 g/mol. The Kier molecular flexibility index (Phi) is 5.18. The number of aryl methyl sites for hydroxylation is 1. The van der Waals surface area contributed by atoms with Crippen LogP contribution in [0.1, 0.15) is 50.2 Å². The third-order valence-corrected chi connectivity index (χ3v) is 5.92. The number of carbonyl (C=O) groups excluding carboxylic acids is 2. The molecule has 2 aliphatic heterocycles. The Morgan fingerprint density at radius 2 is 1.89 bits per heavy atom. The van der Waals surface area contributed by atoms with Gasteiger partial charge in [0.1, 0.15) is 0 Å². The van der Waals surface area contributed by atoms with Crippen LogP contribution in [-0.4, -0.2) is 47.8 Å². The Balaban J connectivity index is 1.41. The molecule has 2 aliphatic rings. The van der Waals surface area contributed by atoms with Gasteiger partial charge in [0.25, 0.3) is 11.8 Å². The first-order chi connectivity index (χ1) is 13.6. The zero-order valence-corrected chi connectivity index (χ0v) is 16.6. The number of nitrogens with one attached hydrogen (secondary N) is 1. The molecule has 4 rings (SSSR count). The highest BCUT2D eigenvalue weighted by atomic mass is 16.2. The number of likely N-dealkylation sites (tertiary alicyclic amines) is 1. The van der Waals surface area contributed by atoms with Crippen LogP contribution in [0.5, 0.6) is 0 Å². The summed E-state index contributed by atoms with van der Waals surface area (Å²) in [4.78, 5) is 29.7. The lowest BCUT2D eigenvalue weighted by molar-refractivity contribution is 0.0588. The lowest BCUT2D eigenvalue weighted by Crippen LogP contribution is -2.44. The predicted octanol–water partition coefficient (Wildman–Crippen LogP) is 2.98. The average Bonchev–Trinajstić information content (AvgIpc) is 3.05. The van der Waals surface area contributed by atoms with Gasteiger partial charge in [0, 0.05) is 39.3 Å². The third-order valence-electron chi connectivity index (χ3n) is 5.92. The number of amides is 2. The number of rotatable bonds is 4. The molecule has 0 spiro atoms. The summed E-state index contributed by atoms with van der Waals surface area (Å²) in [5, 5.41) is 2.64. The Labute approximate surface area is 166 Å². The molecule has 1 fully saturated rings. The van der Waals surface area contributed by atoms with E-state index >= 15 is 0 Å². The molecule has 0 atom stereocenters. The summed E-state index contributed by atoms with van der Waals surface area (Å²) in [5.41, 5.74) is 4.68. The van der Waals surface area contributed by atoms with Crippen LogP contribution in [0, 0.1) is 6.92 Å². The van der Waals surface area contributed by atoms with E-state index in [1.165, 1.54) is 11.1 Å². The molecule has 0 bridgehead atoms. The average molecular weight is 377 g/mol. The largest absolute Gasteiger partial charge is 0.355 e. The lowest BCUT2D eigenvalue weighted by atomic mass is 10.0. The van der Waals surface area contributed by atoms with Crippen molar-refractivity contribution in [3.63, 3.8) is 0 Å². The number of nitrogens with zero attached hydrogens (tertiary/aromatic N) is 2. The van der Waals surface area contributed by atoms with Crippen LogP contribution in [0.4, 0.5) is 0 Å². The minimum Gasteiger partial charge on any atom is -0.355 e. The fraction of sp³-hybridized carbons (Fsp3) is 0.391. The van der Waals surface area contributed by atoms with E-state index < -0.39 is 0 Å². The molecule has 0 saturated carbocycles. The van der Waals surface area contributed by atoms with Crippen LogP contribution < -0.4 is 5.32 Å². The normalized spacial score (nSPS) is 17.6. The van der Waals surface area contributed by atoms with Crippen molar-refractivity contribution >= 4 is 11.8 Å². The van der Waals surface area contributed by atoms with E-state index in [0.717, 1.165) is 38.0 Å². The first kappa shape index (κ1) is 18.7. The highest BCUT2D eigenvalue weighted by Gasteiger charge is 2.36. The highest BCUT2D eigenvalue weighted by molar-refractivity contribution is 6.09. The summed E-state index contributed by atoms with van der Waals surface area (Å²) in [6.45, 7) is 5.67. The maximum absolute atomic E-state index is 13.1. The Bertz CT molecular complexity index is 900. The maximum Gasteiger partial charge on any atom is 0.255 e. The fourth-order valence-electron chi connectivity index (χ4n) is 4.46. The molecule has 2 aromatic carbocycles. The highest BCUT2D eigenvalue weighted by Crippen LogP contribution is 2.31. The molecular weight excluding hydrogens is 350 g/mol. The smallest absolute Gasteiger partial charge is 0.255 e. The molecule has 2 heterocycles. The zero-order chi connectivity index (χ0) is 19.7. The van der Waals surface area contributed by atoms with Crippen LogP contribution >= 0.6 is 0 Å². The van der Waals surface area contributed by atoms with Gasteiger partial charge >= 0.3 is 0 Å². The number of benzene rings is 2. The molecule has 0 aromatic heterocycles. The van der Waals surface area contributed by atoms with E-state index in [4.69, 9.17) is 0 Å². The minimum atomic E-state index is -0.194. The number of piperidine rings is 1. The summed E-state index contributed by atoms with van der Waals surface area (Å²) in [5.74, 6) is -0.189. The molecule has 28 heavy (non-hydrogen) atoms. The van der Waals surface area contributed by atoms with Crippen LogP contribution in [0.3, 0.4) is 0 Å². The van der Waals surface area contributed by atoms with Crippen LogP contribution in [0.25, 0.3) is 0 Å². The van der Waals surface area contributed by atoms with Gasteiger partial charge in [-0.3, -0.25) is 14.5 Å². The first-order valence-electron chi connectivity index (χ1n) is 9.99. The molecule has 5 heteroatoms. The van der Waals surface area contributed by atoms with Crippen molar-refractivity contribution in [1.29, 1.82) is 0 Å². The van der Waals surface area contributed by atoms with Gasteiger partial charge in [-0.05, 0) is 37.0 Å². The molecule has 2 aromatic rings. The molecule has 1 saturated heterocycles. The second kappa shape index (κ2) is 7.76. The van der Waals surface area contributed by atoms with Crippen molar-refractivity contribution in [1.82, 2.24) is 15.1 Å². The zero-order valence-electron chi connectivity index (χ0n) is 16.6. The van der Waals surface area contributed by atoms with Crippen molar-refractivity contribution in [3.05, 3.63) is 70.3 Å². The van der Waals surface area contributed by atoms with Gasteiger partial charge in [-0.25, -0.2) is 0 Å². The molecule has 0 unspecified atom stereocenters. The number of fused-ring (bicyclic) bond motifs is 1. The summed E-state index contributed by atoms with van der Waals surface area (Å²) >= 11 is 0. The van der Waals surface area contributed by atoms with Gasteiger partial charge in [0.2, 0.25) is 0 Å². The van der Waals surface area contributed by atoms with Gasteiger partial charge in [-0.1, -0.05) is 42.0 Å². The third kappa shape index (κ3) is 3.54. The Morgan fingerprint density at radius 3 is 2.61 bits per heavy atom. The Morgan fingerprint density at radius 1 is 1.14 bits per heavy atom. The minimum absolute atomic E-state index is 0.00586. The second-order valence-corrected chi connectivity index (χ2v) is 7.85. The molecule has 5 nitrogen and oxygen atoms in total. The number of hydrogen-bond acceptors (Lipinski definition) is 3. The van der Waals surface area contributed by atoms with Crippen LogP contribution in [0.15, 0.2) is 42.5 Å². The Hall–Kier alpha value is -2.66. The van der Waals surface area contributed by atoms with Gasteiger partial charge in [0.15, 0.2) is 0 Å². The van der Waals surface area contributed by atoms with Gasteiger partial charge < -0.3 is 10.2 Å². The molecular formula is C23H27N3O2. The van der Waals surface area contributed by atoms with Crippen molar-refractivity contribution in [3.8, 4) is 0 Å². The van der Waals surface area contributed by atoms with E-state index in [0.29, 0.717) is 17.7 Å². The van der Waals surface area contributed by atoms with E-state index in [-0.39, 0.29) is 17.9 Å². The summed E-state index contributed by atoms with van der Waals surface area (Å²) < 4.78 is 0. The standard InChI is InChI=1S/C23H27N3O2/c1-16-5-3-6-17(13-16)14-25-11-9-19(10-12-25)26-15-18-7-4-8-20(22(27)24-2)21(18)23(26)28/h3-8,13,19H,9-12,14-15H2,1-2H3,(H,24,27). The van der Waals surface area contributed by atoms with Crippen molar-refractivity contribution in [2.75, 3.05) is 20.1 Å². The van der Waals surface area contributed by atoms with Gasteiger partial charge in [0.05, 0.1) is 11.1 Å². The topological polar surface area (TPSA) is 52.7 Å². The summed E-state index contributed by atoms with van der Waals surface area (Å²) in [6, 6.07) is 14.5. The van der Waals surface area contributed by atoms with Crippen molar-refractivity contribution in [2.45, 2.75) is 38.9 Å². The van der Waals surface area contributed by atoms with Crippen molar-refractivity contribution < 1.29 is 9.59 Å². The lowest BCUT2D eigenvalue weighted by Gasteiger charge is -2.36. The van der Waals surface area contributed by atoms with E-state index in [1.54, 1.807) is 13.1 Å². The van der Waals surface area contributed by atoms with Gasteiger partial charge in [-0.2, -0.15) is 0 Å². The summed E-state index contributed by atoms with van der Waals surface area (Å²) in [6.07, 6.45) is 1.95. The molecule has 0 aliphatic carbocycles. The first-order valence-corrected chi connectivity index (χ1v) is 9.99.